The maximum absolute atomic E-state index is 12.6. The highest BCUT2D eigenvalue weighted by Gasteiger charge is 2.48. The number of hydrogen-bond donors (Lipinski definition) is 1. The molecule has 0 saturated carbocycles. The van der Waals surface area contributed by atoms with Crippen LogP contribution in [0.5, 0.6) is 5.75 Å². The smallest absolute Gasteiger partial charge is 0.417 e. The van der Waals surface area contributed by atoms with E-state index in [9.17, 15) is 19.5 Å². The van der Waals surface area contributed by atoms with Crippen molar-refractivity contribution in [1.82, 2.24) is 4.90 Å². The fraction of sp³-hybridized carbons (Fsp3) is 0.471. The molecule has 2 atom stereocenters. The Labute approximate surface area is 140 Å². The molecule has 7 nitrogen and oxygen atoms in total. The monoisotopic (exact) mass is 335 g/mol. The van der Waals surface area contributed by atoms with Crippen LogP contribution in [-0.4, -0.2) is 46.7 Å². The van der Waals surface area contributed by atoms with Gasteiger partial charge in [-0.15, -0.1) is 0 Å². The second-order valence-corrected chi connectivity index (χ2v) is 6.60. The van der Waals surface area contributed by atoms with Crippen molar-refractivity contribution in [3.8, 4) is 5.75 Å². The molecule has 0 spiro atoms. The lowest BCUT2D eigenvalue weighted by molar-refractivity contribution is -0.145. The number of methoxy groups -OCH3 is 1. The average Bonchev–Trinajstić information content (AvgIpc) is 2.83. The summed E-state index contributed by atoms with van der Waals surface area (Å²) in [6, 6.07) is 5.53. The van der Waals surface area contributed by atoms with Crippen LogP contribution in [0.4, 0.5) is 4.79 Å². The molecule has 2 rings (SSSR count). The van der Waals surface area contributed by atoms with Crippen LogP contribution in [0.2, 0.25) is 0 Å². The zero-order valence-electron chi connectivity index (χ0n) is 14.1. The van der Waals surface area contributed by atoms with E-state index in [-0.39, 0.29) is 6.42 Å². The van der Waals surface area contributed by atoms with E-state index in [1.165, 1.54) is 7.11 Å². The summed E-state index contributed by atoms with van der Waals surface area (Å²) in [6.07, 6.45) is -0.921. The first-order valence-corrected chi connectivity index (χ1v) is 7.57. The van der Waals surface area contributed by atoms with Gasteiger partial charge in [-0.2, -0.15) is 0 Å². The van der Waals surface area contributed by atoms with Gasteiger partial charge in [0.2, 0.25) is 5.91 Å². The van der Waals surface area contributed by atoms with E-state index >= 15 is 0 Å². The third-order valence-electron chi connectivity index (χ3n) is 3.70. The second-order valence-electron chi connectivity index (χ2n) is 6.60. The summed E-state index contributed by atoms with van der Waals surface area (Å²) >= 11 is 0. The maximum Gasteiger partial charge on any atom is 0.417 e. The molecule has 1 aromatic carbocycles. The Bertz CT molecular complexity index is 646. The van der Waals surface area contributed by atoms with Crippen LogP contribution in [0.1, 0.15) is 38.7 Å². The number of carbonyl (C=O) groups is 3. The molecule has 0 bridgehead atoms. The van der Waals surface area contributed by atoms with E-state index in [1.807, 2.05) is 0 Å². The molecular weight excluding hydrogens is 314 g/mol. The van der Waals surface area contributed by atoms with Gasteiger partial charge in [0, 0.05) is 0 Å². The van der Waals surface area contributed by atoms with Gasteiger partial charge in [-0.1, -0.05) is 12.1 Å². The van der Waals surface area contributed by atoms with Crippen molar-refractivity contribution in [2.24, 2.45) is 0 Å². The summed E-state index contributed by atoms with van der Waals surface area (Å²) in [5, 5.41) is 9.37. The lowest BCUT2D eigenvalue weighted by Crippen LogP contribution is -2.45. The summed E-state index contributed by atoms with van der Waals surface area (Å²) in [4.78, 5) is 37.1. The molecule has 0 unspecified atom stereocenters. The van der Waals surface area contributed by atoms with E-state index in [1.54, 1.807) is 45.0 Å². The van der Waals surface area contributed by atoms with Crippen LogP contribution in [0, 0.1) is 0 Å². The van der Waals surface area contributed by atoms with Gasteiger partial charge in [-0.25, -0.2) is 14.5 Å². The van der Waals surface area contributed by atoms with Crippen molar-refractivity contribution in [3.05, 3.63) is 29.8 Å². The van der Waals surface area contributed by atoms with E-state index in [0.717, 1.165) is 0 Å². The third-order valence-corrected chi connectivity index (χ3v) is 3.70. The average molecular weight is 335 g/mol. The Balaban J connectivity index is 2.29. The van der Waals surface area contributed by atoms with Crippen molar-refractivity contribution in [2.75, 3.05) is 7.11 Å². The predicted octanol–water partition coefficient (Wildman–Crippen LogP) is 2.40. The van der Waals surface area contributed by atoms with E-state index < -0.39 is 35.5 Å². The topological polar surface area (TPSA) is 93.1 Å². The minimum absolute atomic E-state index is 0.0136. The standard InChI is InChI=1S/C17H21NO6/c1-17(2,3)24-16(22)18-13(15(20)21)9-12(14(18)19)10-5-7-11(23-4)8-6-10/h5-8,12-13H,9H2,1-4H3,(H,20,21)/t12-,13+/m0/s1. The molecular formula is C17H21NO6. The fourth-order valence-corrected chi connectivity index (χ4v) is 2.61. The molecule has 0 aliphatic carbocycles. The molecule has 1 heterocycles. The highest BCUT2D eigenvalue weighted by atomic mass is 16.6. The number of aliphatic carboxylic acids is 1. The summed E-state index contributed by atoms with van der Waals surface area (Å²) in [5.74, 6) is -1.88. The van der Waals surface area contributed by atoms with Gasteiger partial charge in [0.1, 0.15) is 17.4 Å². The lowest BCUT2D eigenvalue weighted by atomic mass is 9.96. The van der Waals surface area contributed by atoms with Crippen LogP contribution >= 0.6 is 0 Å². The summed E-state index contributed by atoms with van der Waals surface area (Å²) in [6.45, 7) is 4.96. The number of hydrogen-bond acceptors (Lipinski definition) is 5. The van der Waals surface area contributed by atoms with E-state index in [2.05, 4.69) is 0 Å². The van der Waals surface area contributed by atoms with Gasteiger partial charge in [0.05, 0.1) is 13.0 Å². The highest BCUT2D eigenvalue weighted by molar-refractivity contribution is 6.02. The Hall–Kier alpha value is -2.57. The van der Waals surface area contributed by atoms with Gasteiger partial charge in [-0.05, 0) is 44.9 Å². The largest absolute Gasteiger partial charge is 0.497 e. The Morgan fingerprint density at radius 3 is 2.25 bits per heavy atom. The normalized spacial score (nSPS) is 20.8. The zero-order valence-corrected chi connectivity index (χ0v) is 14.1. The minimum Gasteiger partial charge on any atom is -0.497 e. The molecule has 7 heteroatoms. The van der Waals surface area contributed by atoms with Crippen molar-refractivity contribution < 1.29 is 29.0 Å². The Kier molecular flexibility index (Phi) is 4.82. The predicted molar refractivity (Wildman–Crippen MR) is 84.9 cm³/mol. The molecule has 130 valence electrons. The number of benzene rings is 1. The number of likely N-dealkylation sites (tertiary alicyclic amines) is 1. The molecule has 1 fully saturated rings. The van der Waals surface area contributed by atoms with Gasteiger partial charge in [0.25, 0.3) is 0 Å². The molecule has 1 aromatic rings. The van der Waals surface area contributed by atoms with E-state index in [0.29, 0.717) is 16.2 Å². The van der Waals surface area contributed by atoms with Crippen molar-refractivity contribution >= 4 is 18.0 Å². The summed E-state index contributed by atoms with van der Waals surface area (Å²) < 4.78 is 10.2. The number of rotatable bonds is 3. The molecule has 2 amide bonds. The second kappa shape index (κ2) is 6.51. The maximum atomic E-state index is 12.6. The highest BCUT2D eigenvalue weighted by Crippen LogP contribution is 2.35. The Morgan fingerprint density at radius 1 is 1.21 bits per heavy atom. The summed E-state index contributed by atoms with van der Waals surface area (Å²) in [7, 11) is 1.53. The van der Waals surface area contributed by atoms with Crippen molar-refractivity contribution in [3.63, 3.8) is 0 Å². The number of ether oxygens (including phenoxy) is 2. The number of amides is 2. The first-order chi connectivity index (χ1) is 11.1. The number of carboxylic acids is 1. The van der Waals surface area contributed by atoms with Crippen molar-refractivity contribution in [1.29, 1.82) is 0 Å². The Morgan fingerprint density at radius 2 is 1.79 bits per heavy atom. The molecule has 24 heavy (non-hydrogen) atoms. The van der Waals surface area contributed by atoms with Gasteiger partial charge < -0.3 is 14.6 Å². The molecule has 1 saturated heterocycles. The zero-order chi connectivity index (χ0) is 18.1. The third kappa shape index (κ3) is 3.67. The number of carbonyl (C=O) groups excluding carboxylic acids is 2. The van der Waals surface area contributed by atoms with Crippen LogP contribution in [0.3, 0.4) is 0 Å². The van der Waals surface area contributed by atoms with Crippen LogP contribution in [0.15, 0.2) is 24.3 Å². The lowest BCUT2D eigenvalue weighted by Gasteiger charge is -2.25. The van der Waals surface area contributed by atoms with Crippen molar-refractivity contribution in [2.45, 2.75) is 44.8 Å². The number of imide groups is 1. The first kappa shape index (κ1) is 17.8. The molecule has 0 aromatic heterocycles. The molecule has 1 N–H and O–H groups in total. The SMILES string of the molecule is COc1ccc([C@@H]2C[C@H](C(=O)O)N(C(=O)OC(C)(C)C)C2=O)cc1. The quantitative estimate of drug-likeness (QED) is 0.912. The van der Waals surface area contributed by atoms with Crippen LogP contribution in [-0.2, 0) is 14.3 Å². The molecule has 1 aliphatic rings. The fourth-order valence-electron chi connectivity index (χ4n) is 2.61. The van der Waals surface area contributed by atoms with Crippen LogP contribution < -0.4 is 4.74 Å². The summed E-state index contributed by atoms with van der Waals surface area (Å²) in [5.41, 5.74) is -0.184. The van der Waals surface area contributed by atoms with Gasteiger partial charge >= 0.3 is 12.1 Å². The number of carboxylic acid groups (broad SMARTS) is 1. The van der Waals surface area contributed by atoms with Crippen LogP contribution in [0.25, 0.3) is 0 Å². The molecule has 1 aliphatic heterocycles. The first-order valence-electron chi connectivity index (χ1n) is 7.57. The van der Waals surface area contributed by atoms with E-state index in [4.69, 9.17) is 9.47 Å². The number of nitrogens with zero attached hydrogens (tertiary/aromatic N) is 1. The minimum atomic E-state index is -1.24. The molecule has 0 radical (unpaired) electrons. The van der Waals surface area contributed by atoms with Gasteiger partial charge in [-0.3, -0.25) is 4.79 Å². The van der Waals surface area contributed by atoms with Gasteiger partial charge in [0.15, 0.2) is 0 Å².